The SMILES string of the molecule is COCCNS(=O)(=O)N1CCCC1CC(=O)O. The van der Waals surface area contributed by atoms with Crippen LogP contribution in [-0.4, -0.2) is 56.6 Å². The standard InChI is InChI=1S/C9H18N2O5S/c1-16-6-4-10-17(14,15)11-5-2-3-8(11)7-9(12)13/h8,10H,2-7H2,1H3,(H,12,13). The lowest BCUT2D eigenvalue weighted by atomic mass is 10.2. The number of nitrogens with one attached hydrogen (secondary N) is 1. The Morgan fingerprint density at radius 2 is 2.29 bits per heavy atom. The number of carbonyl (C=O) groups is 1. The molecule has 0 aromatic rings. The zero-order chi connectivity index (χ0) is 12.9. The third-order valence-corrected chi connectivity index (χ3v) is 4.30. The molecule has 100 valence electrons. The topological polar surface area (TPSA) is 95.9 Å². The van der Waals surface area contributed by atoms with Crippen molar-refractivity contribution in [1.82, 2.24) is 9.03 Å². The quantitative estimate of drug-likeness (QED) is 0.600. The first-order valence-corrected chi connectivity index (χ1v) is 6.88. The Morgan fingerprint density at radius 3 is 2.88 bits per heavy atom. The molecule has 0 bridgehead atoms. The van der Waals surface area contributed by atoms with E-state index < -0.39 is 22.2 Å². The molecule has 7 nitrogen and oxygen atoms in total. The minimum atomic E-state index is -3.59. The second-order valence-electron chi connectivity index (χ2n) is 3.90. The molecule has 0 amide bonds. The van der Waals surface area contributed by atoms with Crippen molar-refractivity contribution >= 4 is 16.2 Å². The van der Waals surface area contributed by atoms with E-state index in [0.29, 0.717) is 19.4 Å². The van der Waals surface area contributed by atoms with E-state index in [2.05, 4.69) is 4.72 Å². The van der Waals surface area contributed by atoms with Gasteiger partial charge in [0, 0.05) is 26.2 Å². The molecular weight excluding hydrogens is 248 g/mol. The highest BCUT2D eigenvalue weighted by molar-refractivity contribution is 7.87. The minimum absolute atomic E-state index is 0.148. The van der Waals surface area contributed by atoms with Gasteiger partial charge >= 0.3 is 5.97 Å². The van der Waals surface area contributed by atoms with Crippen LogP contribution in [0.2, 0.25) is 0 Å². The van der Waals surface area contributed by atoms with E-state index in [9.17, 15) is 13.2 Å². The van der Waals surface area contributed by atoms with Crippen LogP contribution >= 0.6 is 0 Å². The van der Waals surface area contributed by atoms with E-state index >= 15 is 0 Å². The Balaban J connectivity index is 2.59. The average molecular weight is 266 g/mol. The first kappa shape index (κ1) is 14.4. The van der Waals surface area contributed by atoms with E-state index in [1.807, 2.05) is 0 Å². The fourth-order valence-corrected chi connectivity index (χ4v) is 3.34. The van der Waals surface area contributed by atoms with Crippen LogP contribution in [0.4, 0.5) is 0 Å². The van der Waals surface area contributed by atoms with Crippen LogP contribution in [0.3, 0.4) is 0 Å². The normalized spacial score (nSPS) is 21.8. The molecule has 1 rings (SSSR count). The maximum atomic E-state index is 11.9. The monoisotopic (exact) mass is 266 g/mol. The molecular formula is C9H18N2O5S. The molecule has 1 aliphatic rings. The summed E-state index contributed by atoms with van der Waals surface area (Å²) < 4.78 is 32.1. The number of rotatable bonds is 7. The van der Waals surface area contributed by atoms with Gasteiger partial charge in [0.1, 0.15) is 0 Å². The molecule has 8 heteroatoms. The number of hydrogen-bond donors (Lipinski definition) is 2. The lowest BCUT2D eigenvalue weighted by molar-refractivity contribution is -0.137. The first-order chi connectivity index (χ1) is 7.97. The van der Waals surface area contributed by atoms with Crippen molar-refractivity contribution in [2.75, 3.05) is 26.8 Å². The number of carboxylic acids is 1. The van der Waals surface area contributed by atoms with Gasteiger partial charge in [0.25, 0.3) is 10.2 Å². The molecule has 1 unspecified atom stereocenters. The summed E-state index contributed by atoms with van der Waals surface area (Å²) in [5.41, 5.74) is 0. The van der Waals surface area contributed by atoms with E-state index in [4.69, 9.17) is 9.84 Å². The zero-order valence-corrected chi connectivity index (χ0v) is 10.6. The molecule has 1 heterocycles. The number of carboxylic acid groups (broad SMARTS) is 1. The largest absolute Gasteiger partial charge is 0.481 e. The van der Waals surface area contributed by atoms with Crippen LogP contribution in [0, 0.1) is 0 Å². The Morgan fingerprint density at radius 1 is 1.59 bits per heavy atom. The van der Waals surface area contributed by atoms with Gasteiger partial charge in [-0.3, -0.25) is 4.79 Å². The maximum Gasteiger partial charge on any atom is 0.304 e. The van der Waals surface area contributed by atoms with Gasteiger partial charge in [-0.2, -0.15) is 17.4 Å². The predicted molar refractivity (Wildman–Crippen MR) is 60.8 cm³/mol. The zero-order valence-electron chi connectivity index (χ0n) is 9.76. The molecule has 0 spiro atoms. The van der Waals surface area contributed by atoms with E-state index in [0.717, 1.165) is 0 Å². The summed E-state index contributed by atoms with van der Waals surface area (Å²) in [6.45, 7) is 0.853. The van der Waals surface area contributed by atoms with Gasteiger partial charge in [-0.25, -0.2) is 0 Å². The van der Waals surface area contributed by atoms with Gasteiger partial charge in [0.05, 0.1) is 13.0 Å². The van der Waals surface area contributed by atoms with Crippen molar-refractivity contribution in [3.05, 3.63) is 0 Å². The minimum Gasteiger partial charge on any atom is -0.481 e. The highest BCUT2D eigenvalue weighted by atomic mass is 32.2. The third-order valence-electron chi connectivity index (χ3n) is 2.63. The van der Waals surface area contributed by atoms with Gasteiger partial charge in [0.2, 0.25) is 0 Å². The van der Waals surface area contributed by atoms with Crippen LogP contribution < -0.4 is 4.72 Å². The van der Waals surface area contributed by atoms with Crippen molar-refractivity contribution in [1.29, 1.82) is 0 Å². The molecule has 0 aromatic heterocycles. The maximum absolute atomic E-state index is 11.9. The molecule has 0 aromatic carbocycles. The molecule has 0 saturated carbocycles. The molecule has 0 aliphatic carbocycles. The number of ether oxygens (including phenoxy) is 1. The Labute approximate surface area is 101 Å². The van der Waals surface area contributed by atoms with Crippen LogP contribution in [0.1, 0.15) is 19.3 Å². The van der Waals surface area contributed by atoms with Crippen molar-refractivity contribution in [3.63, 3.8) is 0 Å². The Kier molecular flexibility index (Phi) is 5.31. The van der Waals surface area contributed by atoms with Crippen LogP contribution in [0.25, 0.3) is 0 Å². The molecule has 1 aliphatic heterocycles. The van der Waals surface area contributed by atoms with Crippen LogP contribution in [0.15, 0.2) is 0 Å². The van der Waals surface area contributed by atoms with Crippen LogP contribution in [-0.2, 0) is 19.7 Å². The van der Waals surface area contributed by atoms with Gasteiger partial charge in [0.15, 0.2) is 0 Å². The van der Waals surface area contributed by atoms with Crippen molar-refractivity contribution < 1.29 is 23.1 Å². The van der Waals surface area contributed by atoms with E-state index in [1.165, 1.54) is 11.4 Å². The number of nitrogens with zero attached hydrogens (tertiary/aromatic N) is 1. The number of hydrogen-bond acceptors (Lipinski definition) is 4. The highest BCUT2D eigenvalue weighted by Crippen LogP contribution is 2.22. The van der Waals surface area contributed by atoms with Gasteiger partial charge in [-0.1, -0.05) is 0 Å². The Hall–Kier alpha value is -0.700. The molecule has 1 fully saturated rings. The second kappa shape index (κ2) is 6.29. The van der Waals surface area contributed by atoms with Gasteiger partial charge in [-0.05, 0) is 12.8 Å². The number of aliphatic carboxylic acids is 1. The summed E-state index contributed by atoms with van der Waals surface area (Å²) in [5, 5.41) is 8.71. The summed E-state index contributed by atoms with van der Waals surface area (Å²) in [6, 6.07) is -0.437. The predicted octanol–water partition coefficient (Wildman–Crippen LogP) is -0.594. The first-order valence-electron chi connectivity index (χ1n) is 5.44. The van der Waals surface area contributed by atoms with E-state index in [1.54, 1.807) is 0 Å². The molecule has 17 heavy (non-hydrogen) atoms. The van der Waals surface area contributed by atoms with Crippen molar-refractivity contribution in [2.24, 2.45) is 0 Å². The van der Waals surface area contributed by atoms with Gasteiger partial charge in [-0.15, -0.1) is 0 Å². The summed E-state index contributed by atoms with van der Waals surface area (Å²) in [6.07, 6.45) is 1.14. The molecule has 1 saturated heterocycles. The third kappa shape index (κ3) is 4.23. The Bertz CT molecular complexity index is 356. The molecule has 2 N–H and O–H groups in total. The lowest BCUT2D eigenvalue weighted by Crippen LogP contribution is -2.45. The highest BCUT2D eigenvalue weighted by Gasteiger charge is 2.34. The summed E-state index contributed by atoms with van der Waals surface area (Å²) in [5.74, 6) is -0.978. The average Bonchev–Trinajstić information content (AvgIpc) is 2.65. The summed E-state index contributed by atoms with van der Waals surface area (Å²) >= 11 is 0. The van der Waals surface area contributed by atoms with Crippen molar-refractivity contribution in [2.45, 2.75) is 25.3 Å². The number of methoxy groups -OCH3 is 1. The van der Waals surface area contributed by atoms with Crippen LogP contribution in [0.5, 0.6) is 0 Å². The van der Waals surface area contributed by atoms with E-state index in [-0.39, 0.29) is 19.6 Å². The second-order valence-corrected chi connectivity index (χ2v) is 5.60. The molecule has 0 radical (unpaired) electrons. The summed E-state index contributed by atoms with van der Waals surface area (Å²) in [7, 11) is -2.10. The van der Waals surface area contributed by atoms with Gasteiger partial charge < -0.3 is 9.84 Å². The lowest BCUT2D eigenvalue weighted by Gasteiger charge is -2.22. The van der Waals surface area contributed by atoms with Crippen molar-refractivity contribution in [3.8, 4) is 0 Å². The summed E-state index contributed by atoms with van der Waals surface area (Å²) in [4.78, 5) is 10.6. The smallest absolute Gasteiger partial charge is 0.304 e. The molecule has 1 atom stereocenters. The fourth-order valence-electron chi connectivity index (χ4n) is 1.89. The fraction of sp³-hybridized carbons (Fsp3) is 0.889.